The largest absolute Gasteiger partial charge is 0.444 e. The van der Waals surface area contributed by atoms with Crippen molar-refractivity contribution in [1.82, 2.24) is 10.2 Å². The summed E-state index contributed by atoms with van der Waals surface area (Å²) in [5, 5.41) is 5.88. The van der Waals surface area contributed by atoms with Crippen LogP contribution >= 0.6 is 11.6 Å². The fourth-order valence-electron chi connectivity index (χ4n) is 3.75. The van der Waals surface area contributed by atoms with Gasteiger partial charge in [0.1, 0.15) is 18.2 Å². The molecule has 0 fully saturated rings. The van der Waals surface area contributed by atoms with Gasteiger partial charge >= 0.3 is 6.09 Å². The SMILES string of the molecule is CCc1ccc(C(C(=O)Nc2c(C)cccc2Cl)N(C(=O)CNC(=O)OC(C)(C)C)C(C)CC)cc1. The molecule has 2 unspecified atom stereocenters. The van der Waals surface area contributed by atoms with E-state index in [0.717, 1.165) is 17.5 Å². The molecule has 196 valence electrons. The second kappa shape index (κ2) is 12.8. The second-order valence-electron chi connectivity index (χ2n) is 9.83. The number of carbonyl (C=O) groups excluding carboxylic acids is 3. The van der Waals surface area contributed by atoms with Crippen LogP contribution in [0.2, 0.25) is 5.02 Å². The Morgan fingerprint density at radius 3 is 2.22 bits per heavy atom. The summed E-state index contributed by atoms with van der Waals surface area (Å²) < 4.78 is 5.26. The Balaban J connectivity index is 2.45. The first kappa shape index (κ1) is 29.2. The summed E-state index contributed by atoms with van der Waals surface area (Å²) >= 11 is 6.38. The van der Waals surface area contributed by atoms with Crippen LogP contribution in [0.5, 0.6) is 0 Å². The van der Waals surface area contributed by atoms with Gasteiger partial charge in [0.25, 0.3) is 5.91 Å². The van der Waals surface area contributed by atoms with Gasteiger partial charge in [0.2, 0.25) is 5.91 Å². The van der Waals surface area contributed by atoms with Crippen LogP contribution in [0.1, 0.15) is 70.7 Å². The normalized spacial score (nSPS) is 12.9. The fraction of sp³-hybridized carbons (Fsp3) is 0.464. The predicted molar refractivity (Wildman–Crippen MR) is 144 cm³/mol. The molecule has 2 N–H and O–H groups in total. The number of aryl methyl sites for hydroxylation is 2. The van der Waals surface area contributed by atoms with Gasteiger partial charge in [-0.1, -0.05) is 61.8 Å². The number of ether oxygens (including phenoxy) is 1. The standard InChI is InChI=1S/C28H38ClN3O4/c1-8-19(4)32(23(33)17-30-27(35)36-28(5,6)7)25(21-15-13-20(9-2)14-16-21)26(34)31-24-18(3)11-10-12-22(24)29/h10-16,19,25H,8-9,17H2,1-7H3,(H,30,35)(H,31,34). The molecular formula is C28H38ClN3O4. The van der Waals surface area contributed by atoms with Gasteiger partial charge in [0.05, 0.1) is 10.7 Å². The maximum absolute atomic E-state index is 13.8. The molecule has 8 heteroatoms. The lowest BCUT2D eigenvalue weighted by Crippen LogP contribution is -2.50. The summed E-state index contributed by atoms with van der Waals surface area (Å²) in [6.07, 6.45) is 0.768. The van der Waals surface area contributed by atoms with Crippen LogP contribution in [0.3, 0.4) is 0 Å². The van der Waals surface area contributed by atoms with Gasteiger partial charge in [0.15, 0.2) is 0 Å². The van der Waals surface area contributed by atoms with Gasteiger partial charge in [-0.15, -0.1) is 0 Å². The highest BCUT2D eigenvalue weighted by atomic mass is 35.5. The lowest BCUT2D eigenvalue weighted by Gasteiger charge is -2.36. The van der Waals surface area contributed by atoms with Crippen molar-refractivity contribution >= 4 is 35.2 Å². The van der Waals surface area contributed by atoms with Gasteiger partial charge in [-0.25, -0.2) is 4.79 Å². The Labute approximate surface area is 219 Å². The van der Waals surface area contributed by atoms with Gasteiger partial charge in [-0.2, -0.15) is 0 Å². The third-order valence-electron chi connectivity index (χ3n) is 5.84. The Morgan fingerprint density at radius 2 is 1.69 bits per heavy atom. The van der Waals surface area contributed by atoms with Crippen LogP contribution in [0.25, 0.3) is 0 Å². The van der Waals surface area contributed by atoms with Crippen molar-refractivity contribution in [3.05, 3.63) is 64.2 Å². The van der Waals surface area contributed by atoms with Crippen molar-refractivity contribution in [3.63, 3.8) is 0 Å². The molecule has 2 atom stereocenters. The number of hydrogen-bond acceptors (Lipinski definition) is 4. The van der Waals surface area contributed by atoms with Crippen molar-refractivity contribution in [2.45, 2.75) is 79.0 Å². The van der Waals surface area contributed by atoms with Gasteiger partial charge in [-0.05, 0) is 70.2 Å². The molecule has 2 aromatic rings. The lowest BCUT2D eigenvalue weighted by atomic mass is 9.99. The van der Waals surface area contributed by atoms with E-state index < -0.39 is 23.6 Å². The minimum Gasteiger partial charge on any atom is -0.444 e. The smallest absolute Gasteiger partial charge is 0.408 e. The summed E-state index contributed by atoms with van der Waals surface area (Å²) in [5.74, 6) is -0.785. The number of nitrogens with zero attached hydrogens (tertiary/aromatic N) is 1. The summed E-state index contributed by atoms with van der Waals surface area (Å²) in [6, 6.07) is 11.8. The van der Waals surface area contributed by atoms with Crippen LogP contribution in [0.15, 0.2) is 42.5 Å². The van der Waals surface area contributed by atoms with Gasteiger partial charge < -0.3 is 20.3 Å². The van der Waals surface area contributed by atoms with E-state index in [1.807, 2.05) is 57.2 Å². The Hall–Kier alpha value is -3.06. The van der Waals surface area contributed by atoms with Crippen LogP contribution < -0.4 is 10.6 Å². The van der Waals surface area contributed by atoms with Gasteiger partial charge in [-0.3, -0.25) is 9.59 Å². The molecule has 0 radical (unpaired) electrons. The highest BCUT2D eigenvalue weighted by Crippen LogP contribution is 2.30. The van der Waals surface area contributed by atoms with Gasteiger partial charge in [0, 0.05) is 6.04 Å². The maximum atomic E-state index is 13.8. The molecule has 0 aliphatic heterocycles. The van der Waals surface area contributed by atoms with Crippen LogP contribution in [-0.2, 0) is 20.7 Å². The first-order valence-corrected chi connectivity index (χ1v) is 12.7. The van der Waals surface area contributed by atoms with E-state index in [-0.39, 0.29) is 18.5 Å². The molecule has 2 rings (SSSR count). The molecule has 0 saturated heterocycles. The fourth-order valence-corrected chi connectivity index (χ4v) is 4.02. The molecule has 0 bridgehead atoms. The molecule has 36 heavy (non-hydrogen) atoms. The van der Waals surface area contributed by atoms with Crippen molar-refractivity contribution in [3.8, 4) is 0 Å². The molecule has 0 aliphatic carbocycles. The maximum Gasteiger partial charge on any atom is 0.408 e. The highest BCUT2D eigenvalue weighted by molar-refractivity contribution is 6.34. The Bertz CT molecular complexity index is 1040. The topological polar surface area (TPSA) is 87.7 Å². The van der Waals surface area contributed by atoms with E-state index in [1.165, 1.54) is 4.90 Å². The quantitative estimate of drug-likeness (QED) is 0.426. The van der Waals surface area contributed by atoms with E-state index >= 15 is 0 Å². The third-order valence-corrected chi connectivity index (χ3v) is 6.15. The van der Waals surface area contributed by atoms with Crippen LogP contribution in [-0.4, -0.2) is 41.0 Å². The van der Waals surface area contributed by atoms with E-state index in [0.29, 0.717) is 22.7 Å². The number of para-hydroxylation sites is 1. The highest BCUT2D eigenvalue weighted by Gasteiger charge is 2.35. The van der Waals surface area contributed by atoms with Crippen LogP contribution in [0.4, 0.5) is 10.5 Å². The minimum absolute atomic E-state index is 0.285. The minimum atomic E-state index is -0.936. The molecule has 2 aromatic carbocycles. The number of benzene rings is 2. The number of hydrogen-bond donors (Lipinski definition) is 2. The summed E-state index contributed by atoms with van der Waals surface area (Å²) in [4.78, 5) is 41.0. The van der Waals surface area contributed by atoms with Crippen molar-refractivity contribution in [2.75, 3.05) is 11.9 Å². The van der Waals surface area contributed by atoms with E-state index in [9.17, 15) is 14.4 Å². The first-order valence-electron chi connectivity index (χ1n) is 12.3. The van der Waals surface area contributed by atoms with Crippen molar-refractivity contribution < 1.29 is 19.1 Å². The van der Waals surface area contributed by atoms with Crippen molar-refractivity contribution in [1.29, 1.82) is 0 Å². The zero-order valence-electron chi connectivity index (χ0n) is 22.3. The number of nitrogens with one attached hydrogen (secondary N) is 2. The average Bonchev–Trinajstić information content (AvgIpc) is 2.81. The van der Waals surface area contributed by atoms with Crippen molar-refractivity contribution in [2.24, 2.45) is 0 Å². The molecule has 3 amide bonds. The zero-order chi connectivity index (χ0) is 27.0. The number of carbonyl (C=O) groups is 3. The molecule has 0 saturated carbocycles. The second-order valence-corrected chi connectivity index (χ2v) is 10.2. The molecule has 7 nitrogen and oxygen atoms in total. The lowest BCUT2D eigenvalue weighted by molar-refractivity contribution is -0.140. The zero-order valence-corrected chi connectivity index (χ0v) is 23.0. The monoisotopic (exact) mass is 515 g/mol. The molecule has 0 aliphatic rings. The molecule has 0 spiro atoms. The third kappa shape index (κ3) is 7.98. The summed E-state index contributed by atoms with van der Waals surface area (Å²) in [6.45, 7) is 12.7. The Kier molecular flexibility index (Phi) is 10.3. The average molecular weight is 516 g/mol. The Morgan fingerprint density at radius 1 is 1.06 bits per heavy atom. The summed E-state index contributed by atoms with van der Waals surface area (Å²) in [7, 11) is 0. The molecular weight excluding hydrogens is 478 g/mol. The van der Waals surface area contributed by atoms with E-state index in [2.05, 4.69) is 17.6 Å². The van der Waals surface area contributed by atoms with E-state index in [4.69, 9.17) is 16.3 Å². The number of halogens is 1. The van der Waals surface area contributed by atoms with Crippen LogP contribution in [0, 0.1) is 6.92 Å². The number of anilines is 1. The number of alkyl carbamates (subject to hydrolysis) is 1. The predicted octanol–water partition coefficient (Wildman–Crippen LogP) is 6.04. The molecule has 0 heterocycles. The number of amides is 3. The van der Waals surface area contributed by atoms with E-state index in [1.54, 1.807) is 26.8 Å². The summed E-state index contributed by atoms with van der Waals surface area (Å²) in [5.41, 5.74) is 2.40. The number of rotatable bonds is 9. The first-order chi connectivity index (χ1) is 16.9. The molecule has 0 aromatic heterocycles.